The van der Waals surface area contributed by atoms with Crippen LogP contribution in [-0.2, 0) is 4.79 Å². The molecule has 1 aromatic rings. The third-order valence-electron chi connectivity index (χ3n) is 3.05. The van der Waals surface area contributed by atoms with Crippen molar-refractivity contribution in [2.24, 2.45) is 11.0 Å². The molecule has 1 saturated heterocycles. The zero-order valence-corrected chi connectivity index (χ0v) is 11.9. The van der Waals surface area contributed by atoms with Crippen LogP contribution in [0, 0.1) is 5.92 Å². The molecule has 0 spiro atoms. The van der Waals surface area contributed by atoms with E-state index in [0.29, 0.717) is 23.1 Å². The van der Waals surface area contributed by atoms with Gasteiger partial charge in [-0.15, -0.1) is 0 Å². The van der Waals surface area contributed by atoms with E-state index in [4.69, 9.17) is 10.6 Å². The quantitative estimate of drug-likeness (QED) is 0.518. The Morgan fingerprint density at radius 1 is 1.55 bits per heavy atom. The maximum Gasteiger partial charge on any atom is 0.335 e. The van der Waals surface area contributed by atoms with Crippen LogP contribution in [-0.4, -0.2) is 30.1 Å². The Balaban J connectivity index is 2.25. The smallest absolute Gasteiger partial charge is 0.335 e. The van der Waals surface area contributed by atoms with Gasteiger partial charge in [0.1, 0.15) is 0 Å². The van der Waals surface area contributed by atoms with Gasteiger partial charge in [-0.25, -0.2) is 4.79 Å². The predicted molar refractivity (Wildman–Crippen MR) is 75.6 cm³/mol. The van der Waals surface area contributed by atoms with E-state index in [0.717, 1.165) is 0 Å². The minimum Gasteiger partial charge on any atom is -0.478 e. The van der Waals surface area contributed by atoms with Crippen LogP contribution in [0.2, 0.25) is 0 Å². The van der Waals surface area contributed by atoms with Gasteiger partial charge in [0.2, 0.25) is 5.91 Å². The van der Waals surface area contributed by atoms with Crippen LogP contribution in [0.5, 0.6) is 0 Å². The van der Waals surface area contributed by atoms with Gasteiger partial charge in [-0.1, -0.05) is 21.0 Å². The summed E-state index contributed by atoms with van der Waals surface area (Å²) in [6.45, 7) is 0.686. The fourth-order valence-corrected chi connectivity index (χ4v) is 2.64. The summed E-state index contributed by atoms with van der Waals surface area (Å²) in [5, 5.41) is 12.5. The maximum absolute atomic E-state index is 12.0. The summed E-state index contributed by atoms with van der Waals surface area (Å²) < 4.78 is 0.596. The molecule has 7 nitrogen and oxygen atoms in total. The molecular weight excluding hydrogens is 328 g/mol. The van der Waals surface area contributed by atoms with E-state index in [1.54, 1.807) is 6.07 Å². The Kier molecular flexibility index (Phi) is 4.26. The monoisotopic (exact) mass is 338 g/mol. The van der Waals surface area contributed by atoms with Gasteiger partial charge in [-0.3, -0.25) is 4.79 Å². The minimum atomic E-state index is -1.05. The SMILES string of the molecule is [N-]=[N+]=NCC1CC(=O)N(c2cc(Br)cc(C(=O)O)c2)C1. The molecule has 20 heavy (non-hydrogen) atoms. The lowest BCUT2D eigenvalue weighted by Crippen LogP contribution is -2.25. The Labute approximate surface area is 122 Å². The predicted octanol–water partition coefficient (Wildman–Crippen LogP) is 2.81. The fourth-order valence-electron chi connectivity index (χ4n) is 2.16. The van der Waals surface area contributed by atoms with E-state index in [2.05, 4.69) is 26.0 Å². The second-order valence-electron chi connectivity index (χ2n) is 4.49. The van der Waals surface area contributed by atoms with Crippen molar-refractivity contribution < 1.29 is 14.7 Å². The van der Waals surface area contributed by atoms with Crippen molar-refractivity contribution >= 4 is 33.5 Å². The van der Waals surface area contributed by atoms with E-state index in [-0.39, 0.29) is 23.9 Å². The highest BCUT2D eigenvalue weighted by atomic mass is 79.9. The largest absolute Gasteiger partial charge is 0.478 e. The van der Waals surface area contributed by atoms with Crippen molar-refractivity contribution in [1.82, 2.24) is 0 Å². The highest BCUT2D eigenvalue weighted by Crippen LogP contribution is 2.29. The molecule has 0 aromatic heterocycles. The molecule has 1 amide bonds. The van der Waals surface area contributed by atoms with E-state index in [9.17, 15) is 9.59 Å². The third kappa shape index (κ3) is 3.09. The van der Waals surface area contributed by atoms with Crippen molar-refractivity contribution in [2.75, 3.05) is 18.0 Å². The molecular formula is C12H11BrN4O3. The molecule has 0 saturated carbocycles. The number of azide groups is 1. The number of nitrogens with zero attached hydrogens (tertiary/aromatic N) is 4. The van der Waals surface area contributed by atoms with Crippen LogP contribution in [0.1, 0.15) is 16.8 Å². The summed E-state index contributed by atoms with van der Waals surface area (Å²) in [4.78, 5) is 27.2. The summed E-state index contributed by atoms with van der Waals surface area (Å²) in [7, 11) is 0. The number of hydrogen-bond acceptors (Lipinski definition) is 3. The first-order chi connectivity index (χ1) is 9.51. The number of aromatic carboxylic acids is 1. The molecule has 8 heteroatoms. The van der Waals surface area contributed by atoms with Crippen LogP contribution in [0.3, 0.4) is 0 Å². The van der Waals surface area contributed by atoms with Crippen molar-refractivity contribution in [3.8, 4) is 0 Å². The Bertz CT molecular complexity index is 613. The average molecular weight is 339 g/mol. The average Bonchev–Trinajstić information content (AvgIpc) is 2.77. The van der Waals surface area contributed by atoms with Gasteiger partial charge in [-0.2, -0.15) is 0 Å². The number of carboxylic acid groups (broad SMARTS) is 1. The first-order valence-electron chi connectivity index (χ1n) is 5.86. The van der Waals surface area contributed by atoms with Gasteiger partial charge in [0, 0.05) is 34.6 Å². The first-order valence-corrected chi connectivity index (χ1v) is 6.65. The molecule has 1 unspecified atom stereocenters. The van der Waals surface area contributed by atoms with Crippen LogP contribution < -0.4 is 4.90 Å². The number of anilines is 1. The molecule has 0 radical (unpaired) electrons. The summed E-state index contributed by atoms with van der Waals surface area (Å²) in [5.74, 6) is -1.19. The van der Waals surface area contributed by atoms with Crippen molar-refractivity contribution in [2.45, 2.75) is 6.42 Å². The third-order valence-corrected chi connectivity index (χ3v) is 3.51. The van der Waals surface area contributed by atoms with Crippen LogP contribution in [0.15, 0.2) is 27.8 Å². The Morgan fingerprint density at radius 2 is 2.30 bits per heavy atom. The molecule has 0 bridgehead atoms. The van der Waals surface area contributed by atoms with Crippen molar-refractivity contribution in [1.29, 1.82) is 0 Å². The zero-order chi connectivity index (χ0) is 14.7. The standard InChI is InChI=1S/C12H11BrN4O3/c13-9-2-8(12(19)20)3-10(4-9)17-6-7(1-11(17)18)5-15-16-14/h2-4,7H,1,5-6H2,(H,19,20). The van der Waals surface area contributed by atoms with Gasteiger partial charge in [0.05, 0.1) is 5.56 Å². The van der Waals surface area contributed by atoms with E-state index >= 15 is 0 Å². The summed E-state index contributed by atoms with van der Waals surface area (Å²) in [6.07, 6.45) is 0.300. The number of rotatable bonds is 4. The molecule has 1 fully saturated rings. The molecule has 2 rings (SSSR count). The summed E-state index contributed by atoms with van der Waals surface area (Å²) in [6, 6.07) is 4.63. The Hall–Kier alpha value is -2.05. The Morgan fingerprint density at radius 3 is 2.95 bits per heavy atom. The molecule has 1 aromatic carbocycles. The lowest BCUT2D eigenvalue weighted by Gasteiger charge is -2.17. The molecule has 0 aliphatic carbocycles. The van der Waals surface area contributed by atoms with Gasteiger partial charge >= 0.3 is 5.97 Å². The fraction of sp³-hybridized carbons (Fsp3) is 0.333. The van der Waals surface area contributed by atoms with Gasteiger partial charge in [0.25, 0.3) is 0 Å². The number of carbonyl (C=O) groups is 2. The normalized spacial score (nSPS) is 17.9. The minimum absolute atomic E-state index is 0.0364. The molecule has 1 N–H and O–H groups in total. The topological polar surface area (TPSA) is 106 Å². The highest BCUT2D eigenvalue weighted by Gasteiger charge is 2.30. The molecule has 104 valence electrons. The molecule has 1 aliphatic heterocycles. The van der Waals surface area contributed by atoms with Crippen LogP contribution in [0.25, 0.3) is 10.4 Å². The maximum atomic E-state index is 12.0. The molecule has 1 aliphatic rings. The van der Waals surface area contributed by atoms with Crippen LogP contribution in [0.4, 0.5) is 5.69 Å². The second-order valence-corrected chi connectivity index (χ2v) is 5.41. The summed E-state index contributed by atoms with van der Waals surface area (Å²) >= 11 is 3.24. The van der Waals surface area contributed by atoms with Crippen molar-refractivity contribution in [3.05, 3.63) is 38.7 Å². The lowest BCUT2D eigenvalue weighted by atomic mass is 10.1. The number of hydrogen-bond donors (Lipinski definition) is 1. The lowest BCUT2D eigenvalue weighted by molar-refractivity contribution is -0.117. The number of halogens is 1. The van der Waals surface area contributed by atoms with Gasteiger partial charge < -0.3 is 10.0 Å². The second kappa shape index (κ2) is 5.94. The van der Waals surface area contributed by atoms with Gasteiger partial charge in [0.15, 0.2) is 0 Å². The molecule has 1 atom stereocenters. The summed E-state index contributed by atoms with van der Waals surface area (Å²) in [5.41, 5.74) is 8.94. The van der Waals surface area contributed by atoms with E-state index in [1.807, 2.05) is 0 Å². The van der Waals surface area contributed by atoms with Crippen LogP contribution >= 0.6 is 15.9 Å². The van der Waals surface area contributed by atoms with Crippen molar-refractivity contribution in [3.63, 3.8) is 0 Å². The highest BCUT2D eigenvalue weighted by molar-refractivity contribution is 9.10. The van der Waals surface area contributed by atoms with Gasteiger partial charge in [-0.05, 0) is 29.6 Å². The number of benzene rings is 1. The zero-order valence-electron chi connectivity index (χ0n) is 10.4. The number of carboxylic acids is 1. The first kappa shape index (κ1) is 14.4. The van der Waals surface area contributed by atoms with E-state index in [1.165, 1.54) is 17.0 Å². The van der Waals surface area contributed by atoms with E-state index < -0.39 is 5.97 Å². The molecule has 1 heterocycles. The number of carbonyl (C=O) groups excluding carboxylic acids is 1. The number of amides is 1.